The topological polar surface area (TPSA) is 108 Å². The Labute approximate surface area is 179 Å². The number of amides is 1. The Hall–Kier alpha value is -3.99. The van der Waals surface area contributed by atoms with Crippen LogP contribution in [-0.2, 0) is 4.79 Å². The Bertz CT molecular complexity index is 1140. The largest absolute Gasteiger partial charge is 0.368 e. The summed E-state index contributed by atoms with van der Waals surface area (Å²) in [5.41, 5.74) is 7.61. The number of rotatable bonds is 4. The lowest BCUT2D eigenvalue weighted by molar-refractivity contribution is -0.120. The predicted octanol–water partition coefficient (Wildman–Crippen LogP) is 3.59. The van der Waals surface area contributed by atoms with Crippen LogP contribution in [0.25, 0.3) is 11.3 Å². The second-order valence-corrected chi connectivity index (χ2v) is 7.42. The van der Waals surface area contributed by atoms with Crippen molar-refractivity contribution in [2.24, 2.45) is 5.92 Å². The lowest BCUT2D eigenvalue weighted by Gasteiger charge is -2.33. The molecule has 8 heteroatoms. The second kappa shape index (κ2) is 8.79. The highest BCUT2D eigenvalue weighted by Gasteiger charge is 2.27. The quantitative estimate of drug-likeness (QED) is 0.673. The minimum Gasteiger partial charge on any atom is -0.368 e. The summed E-state index contributed by atoms with van der Waals surface area (Å²) in [5.74, 6) is -0.194. The van der Waals surface area contributed by atoms with Gasteiger partial charge in [0.1, 0.15) is 17.7 Å². The van der Waals surface area contributed by atoms with E-state index < -0.39 is 5.82 Å². The molecule has 0 spiro atoms. The molecule has 0 radical (unpaired) electrons. The molecule has 1 saturated heterocycles. The Kier molecular flexibility index (Phi) is 5.76. The first-order chi connectivity index (χ1) is 15.0. The standard InChI is InChI=1S/C23H21FN6O/c24-19-11-15(8-9-16(19)13-25)20-12-21(29-23(26)28-20)30-10-4-5-17(14-30)22(31)27-18-6-2-1-3-7-18/h1-3,6-9,11-12,17H,4-5,10,14H2,(H,27,31)(H2,26,28,29). The SMILES string of the molecule is N#Cc1ccc(-c2cc(N3CCCC(C(=O)Nc4ccccc4)C3)nc(N)n2)cc1F. The van der Waals surface area contributed by atoms with Crippen molar-refractivity contribution in [2.75, 3.05) is 29.0 Å². The highest BCUT2D eigenvalue weighted by atomic mass is 19.1. The molecular formula is C23H21FN6O. The summed E-state index contributed by atoms with van der Waals surface area (Å²) < 4.78 is 14.1. The first-order valence-corrected chi connectivity index (χ1v) is 9.99. The highest BCUT2D eigenvalue weighted by molar-refractivity contribution is 5.93. The molecule has 2 aromatic carbocycles. The molecule has 1 aliphatic rings. The van der Waals surface area contributed by atoms with E-state index in [1.54, 1.807) is 18.2 Å². The van der Waals surface area contributed by atoms with Crippen LogP contribution in [0.15, 0.2) is 54.6 Å². The van der Waals surface area contributed by atoms with Crippen LogP contribution < -0.4 is 16.0 Å². The number of halogens is 1. The molecule has 1 aromatic heterocycles. The number of nitrogen functional groups attached to an aromatic ring is 1. The molecule has 1 aliphatic heterocycles. The number of hydrogen-bond acceptors (Lipinski definition) is 6. The summed E-state index contributed by atoms with van der Waals surface area (Å²) in [7, 11) is 0. The fourth-order valence-electron chi connectivity index (χ4n) is 3.69. The van der Waals surface area contributed by atoms with Gasteiger partial charge in [0.15, 0.2) is 0 Å². The summed E-state index contributed by atoms with van der Waals surface area (Å²) in [4.78, 5) is 23.3. The second-order valence-electron chi connectivity index (χ2n) is 7.42. The summed E-state index contributed by atoms with van der Waals surface area (Å²) in [5, 5.41) is 11.9. The van der Waals surface area contributed by atoms with Crippen LogP contribution in [0.4, 0.5) is 21.8 Å². The molecule has 156 valence electrons. The molecule has 31 heavy (non-hydrogen) atoms. The number of para-hydroxylation sites is 1. The number of nitriles is 1. The molecular weight excluding hydrogens is 395 g/mol. The van der Waals surface area contributed by atoms with Gasteiger partial charge in [0.2, 0.25) is 11.9 Å². The van der Waals surface area contributed by atoms with Crippen LogP contribution in [0.2, 0.25) is 0 Å². The maximum Gasteiger partial charge on any atom is 0.229 e. The van der Waals surface area contributed by atoms with Crippen molar-refractivity contribution in [1.29, 1.82) is 5.26 Å². The van der Waals surface area contributed by atoms with Gasteiger partial charge in [-0.15, -0.1) is 0 Å². The van der Waals surface area contributed by atoms with E-state index in [2.05, 4.69) is 15.3 Å². The van der Waals surface area contributed by atoms with Crippen LogP contribution in [0.5, 0.6) is 0 Å². The molecule has 0 bridgehead atoms. The summed E-state index contributed by atoms with van der Waals surface area (Å²) in [6, 6.07) is 17.2. The van der Waals surface area contributed by atoms with Crippen molar-refractivity contribution in [3.05, 3.63) is 66.0 Å². The average molecular weight is 416 g/mol. The number of nitrogens with zero attached hydrogens (tertiary/aromatic N) is 4. The normalized spacial score (nSPS) is 15.9. The number of nitrogens with one attached hydrogen (secondary N) is 1. The van der Waals surface area contributed by atoms with E-state index in [9.17, 15) is 9.18 Å². The first kappa shape index (κ1) is 20.3. The highest BCUT2D eigenvalue weighted by Crippen LogP contribution is 2.28. The molecule has 4 rings (SSSR count). The fraction of sp³-hybridized carbons (Fsp3) is 0.217. The molecule has 3 aromatic rings. The molecule has 0 aliphatic carbocycles. The minimum atomic E-state index is -0.616. The van der Waals surface area contributed by atoms with E-state index >= 15 is 0 Å². The maximum absolute atomic E-state index is 14.1. The van der Waals surface area contributed by atoms with Gasteiger partial charge in [-0.25, -0.2) is 9.37 Å². The zero-order valence-electron chi connectivity index (χ0n) is 16.8. The number of carbonyl (C=O) groups excluding carboxylic acids is 1. The molecule has 2 heterocycles. The predicted molar refractivity (Wildman–Crippen MR) is 117 cm³/mol. The average Bonchev–Trinajstić information content (AvgIpc) is 2.79. The number of hydrogen-bond donors (Lipinski definition) is 2. The number of carbonyl (C=O) groups is 1. The van der Waals surface area contributed by atoms with Gasteiger partial charge in [-0.2, -0.15) is 10.2 Å². The molecule has 7 nitrogen and oxygen atoms in total. The summed E-state index contributed by atoms with van der Waals surface area (Å²) in [6.07, 6.45) is 1.61. The van der Waals surface area contributed by atoms with Crippen molar-refractivity contribution < 1.29 is 9.18 Å². The van der Waals surface area contributed by atoms with Crippen LogP contribution in [0.1, 0.15) is 18.4 Å². The Morgan fingerprint density at radius 3 is 2.74 bits per heavy atom. The van der Waals surface area contributed by atoms with Gasteiger partial charge in [-0.1, -0.05) is 24.3 Å². The van der Waals surface area contributed by atoms with Gasteiger partial charge in [0.05, 0.1) is 17.2 Å². The van der Waals surface area contributed by atoms with E-state index in [0.717, 1.165) is 25.1 Å². The molecule has 1 amide bonds. The van der Waals surface area contributed by atoms with Crippen LogP contribution in [0.3, 0.4) is 0 Å². The third-order valence-electron chi connectivity index (χ3n) is 5.27. The van der Waals surface area contributed by atoms with E-state index in [0.29, 0.717) is 23.6 Å². The fourth-order valence-corrected chi connectivity index (χ4v) is 3.69. The van der Waals surface area contributed by atoms with Crippen LogP contribution >= 0.6 is 0 Å². The Morgan fingerprint density at radius 2 is 2.00 bits per heavy atom. The Balaban J connectivity index is 1.54. The third-order valence-corrected chi connectivity index (χ3v) is 5.27. The number of aromatic nitrogens is 2. The van der Waals surface area contributed by atoms with Gasteiger partial charge < -0.3 is 16.0 Å². The minimum absolute atomic E-state index is 0.0331. The van der Waals surface area contributed by atoms with Crippen molar-refractivity contribution in [3.8, 4) is 17.3 Å². The first-order valence-electron chi connectivity index (χ1n) is 9.99. The summed E-state index contributed by atoms with van der Waals surface area (Å²) in [6.45, 7) is 1.23. The van der Waals surface area contributed by atoms with Crippen molar-refractivity contribution in [3.63, 3.8) is 0 Å². The maximum atomic E-state index is 14.1. The van der Waals surface area contributed by atoms with Gasteiger partial charge in [-0.3, -0.25) is 4.79 Å². The molecule has 0 saturated carbocycles. The van der Waals surface area contributed by atoms with E-state index in [1.165, 1.54) is 12.1 Å². The number of piperidine rings is 1. The molecule has 3 N–H and O–H groups in total. The van der Waals surface area contributed by atoms with Gasteiger partial charge in [-0.05, 0) is 37.1 Å². The molecule has 1 fully saturated rings. The zero-order chi connectivity index (χ0) is 21.8. The van der Waals surface area contributed by atoms with E-state index in [-0.39, 0.29) is 23.3 Å². The van der Waals surface area contributed by atoms with Crippen LogP contribution in [-0.4, -0.2) is 29.0 Å². The lowest BCUT2D eigenvalue weighted by atomic mass is 9.97. The van der Waals surface area contributed by atoms with Crippen LogP contribution in [0, 0.1) is 23.1 Å². The monoisotopic (exact) mass is 416 g/mol. The third kappa shape index (κ3) is 4.61. The van der Waals surface area contributed by atoms with Gasteiger partial charge in [0.25, 0.3) is 0 Å². The van der Waals surface area contributed by atoms with Gasteiger partial charge in [0, 0.05) is 30.4 Å². The number of benzene rings is 2. The summed E-state index contributed by atoms with van der Waals surface area (Å²) >= 11 is 0. The number of anilines is 3. The Morgan fingerprint density at radius 1 is 1.19 bits per heavy atom. The smallest absolute Gasteiger partial charge is 0.229 e. The van der Waals surface area contributed by atoms with E-state index in [1.807, 2.05) is 35.2 Å². The number of nitrogens with two attached hydrogens (primary N) is 1. The van der Waals surface area contributed by atoms with E-state index in [4.69, 9.17) is 11.0 Å². The lowest BCUT2D eigenvalue weighted by Crippen LogP contribution is -2.41. The molecule has 1 unspecified atom stereocenters. The van der Waals surface area contributed by atoms with Crippen molar-refractivity contribution >= 4 is 23.4 Å². The zero-order valence-corrected chi connectivity index (χ0v) is 16.8. The van der Waals surface area contributed by atoms with Crippen molar-refractivity contribution in [1.82, 2.24) is 9.97 Å². The molecule has 1 atom stereocenters. The van der Waals surface area contributed by atoms with Gasteiger partial charge >= 0.3 is 0 Å². The van der Waals surface area contributed by atoms with Crippen molar-refractivity contribution in [2.45, 2.75) is 12.8 Å².